The minimum atomic E-state index is -0.279. The summed E-state index contributed by atoms with van der Waals surface area (Å²) in [5.74, 6) is 0.134. The number of halogens is 1. The van der Waals surface area contributed by atoms with Gasteiger partial charge in [-0.2, -0.15) is 0 Å². The van der Waals surface area contributed by atoms with E-state index < -0.39 is 0 Å². The third kappa shape index (κ3) is 1.43. The molecule has 2 N–H and O–H groups in total. The van der Waals surface area contributed by atoms with Crippen LogP contribution in [0, 0.1) is 5.82 Å². The summed E-state index contributed by atoms with van der Waals surface area (Å²) in [4.78, 5) is 4.30. The SMILES string of the molecule is CC1OCCC1(C)n1c(N)nc2ccc(F)cc21. The molecule has 2 unspecified atom stereocenters. The molecule has 1 aliphatic heterocycles. The van der Waals surface area contributed by atoms with Gasteiger partial charge in [0.05, 0.1) is 22.7 Å². The van der Waals surface area contributed by atoms with Gasteiger partial charge in [-0.15, -0.1) is 0 Å². The maximum Gasteiger partial charge on any atom is 0.201 e. The highest BCUT2D eigenvalue weighted by atomic mass is 19.1. The van der Waals surface area contributed by atoms with Crippen molar-refractivity contribution in [1.82, 2.24) is 9.55 Å². The average molecular weight is 249 g/mol. The predicted molar refractivity (Wildman–Crippen MR) is 67.8 cm³/mol. The zero-order valence-corrected chi connectivity index (χ0v) is 10.5. The van der Waals surface area contributed by atoms with Gasteiger partial charge in [0.1, 0.15) is 5.82 Å². The Morgan fingerprint density at radius 3 is 3.00 bits per heavy atom. The van der Waals surface area contributed by atoms with Gasteiger partial charge in [-0.05, 0) is 38.5 Å². The van der Waals surface area contributed by atoms with Crippen molar-refractivity contribution in [2.24, 2.45) is 0 Å². The van der Waals surface area contributed by atoms with Crippen LogP contribution in [0.15, 0.2) is 18.2 Å². The molecule has 0 aliphatic carbocycles. The van der Waals surface area contributed by atoms with E-state index in [1.54, 1.807) is 6.07 Å². The van der Waals surface area contributed by atoms with Crippen molar-refractivity contribution in [1.29, 1.82) is 0 Å². The number of imidazole rings is 1. The van der Waals surface area contributed by atoms with Crippen LogP contribution in [0.2, 0.25) is 0 Å². The number of benzene rings is 1. The van der Waals surface area contributed by atoms with Crippen LogP contribution in [0.4, 0.5) is 10.3 Å². The van der Waals surface area contributed by atoms with E-state index in [4.69, 9.17) is 10.5 Å². The van der Waals surface area contributed by atoms with E-state index in [1.807, 2.05) is 11.5 Å². The van der Waals surface area contributed by atoms with Crippen LogP contribution in [0.1, 0.15) is 20.3 Å². The van der Waals surface area contributed by atoms with Crippen LogP contribution in [0.3, 0.4) is 0 Å². The number of rotatable bonds is 1. The van der Waals surface area contributed by atoms with Crippen LogP contribution in [0.5, 0.6) is 0 Å². The van der Waals surface area contributed by atoms with Gasteiger partial charge in [0.25, 0.3) is 0 Å². The molecular weight excluding hydrogens is 233 g/mol. The molecule has 0 amide bonds. The number of nitrogens with two attached hydrogens (primary N) is 1. The lowest BCUT2D eigenvalue weighted by Gasteiger charge is -2.30. The Hall–Kier alpha value is -1.62. The Morgan fingerprint density at radius 1 is 1.56 bits per heavy atom. The van der Waals surface area contributed by atoms with Gasteiger partial charge in [-0.1, -0.05) is 0 Å². The van der Waals surface area contributed by atoms with Gasteiger partial charge in [0.15, 0.2) is 0 Å². The second-order valence-corrected chi connectivity index (χ2v) is 5.06. The average Bonchev–Trinajstić information content (AvgIpc) is 2.80. The predicted octanol–water partition coefficient (Wildman–Crippen LogP) is 2.28. The Labute approximate surface area is 105 Å². The molecule has 2 aromatic rings. The van der Waals surface area contributed by atoms with Crippen molar-refractivity contribution in [3.8, 4) is 0 Å². The van der Waals surface area contributed by atoms with Gasteiger partial charge < -0.3 is 15.0 Å². The van der Waals surface area contributed by atoms with Crippen molar-refractivity contribution >= 4 is 17.0 Å². The number of aromatic nitrogens is 2. The summed E-state index contributed by atoms with van der Waals surface area (Å²) < 4.78 is 21.0. The Bertz CT molecular complexity index is 610. The molecule has 0 bridgehead atoms. The first-order chi connectivity index (χ1) is 8.52. The van der Waals surface area contributed by atoms with Crippen LogP contribution < -0.4 is 5.73 Å². The third-order valence-corrected chi connectivity index (χ3v) is 4.01. The number of ether oxygens (including phenoxy) is 1. The fourth-order valence-electron chi connectivity index (χ4n) is 2.72. The van der Waals surface area contributed by atoms with Gasteiger partial charge in [0.2, 0.25) is 5.95 Å². The zero-order valence-electron chi connectivity index (χ0n) is 10.5. The summed E-state index contributed by atoms with van der Waals surface area (Å²) in [5, 5.41) is 0. The summed E-state index contributed by atoms with van der Waals surface area (Å²) in [5.41, 5.74) is 7.18. The van der Waals surface area contributed by atoms with E-state index in [0.29, 0.717) is 18.1 Å². The lowest BCUT2D eigenvalue weighted by Crippen LogP contribution is -2.37. The van der Waals surface area contributed by atoms with E-state index in [9.17, 15) is 4.39 Å². The number of hydrogen-bond donors (Lipinski definition) is 1. The molecule has 96 valence electrons. The summed E-state index contributed by atoms with van der Waals surface area (Å²) in [6.07, 6.45) is 0.876. The first-order valence-electron chi connectivity index (χ1n) is 6.08. The van der Waals surface area contributed by atoms with Crippen molar-refractivity contribution in [3.63, 3.8) is 0 Å². The molecule has 1 aromatic carbocycles. The quantitative estimate of drug-likeness (QED) is 0.843. The Morgan fingerprint density at radius 2 is 2.33 bits per heavy atom. The molecule has 0 spiro atoms. The summed E-state index contributed by atoms with van der Waals surface area (Å²) in [7, 11) is 0. The second kappa shape index (κ2) is 3.68. The number of hydrogen-bond acceptors (Lipinski definition) is 3. The first-order valence-corrected chi connectivity index (χ1v) is 6.08. The number of fused-ring (bicyclic) bond motifs is 1. The van der Waals surface area contributed by atoms with Gasteiger partial charge >= 0.3 is 0 Å². The van der Waals surface area contributed by atoms with Crippen molar-refractivity contribution in [2.75, 3.05) is 12.3 Å². The third-order valence-electron chi connectivity index (χ3n) is 4.01. The lowest BCUT2D eigenvalue weighted by molar-refractivity contribution is 0.0783. The molecule has 2 atom stereocenters. The second-order valence-electron chi connectivity index (χ2n) is 5.06. The normalized spacial score (nSPS) is 28.1. The number of anilines is 1. The highest BCUT2D eigenvalue weighted by Gasteiger charge is 2.40. The molecule has 3 rings (SSSR count). The van der Waals surface area contributed by atoms with Gasteiger partial charge in [-0.3, -0.25) is 0 Å². The Balaban J connectivity index is 2.28. The lowest BCUT2D eigenvalue weighted by atomic mass is 9.94. The van der Waals surface area contributed by atoms with Crippen LogP contribution in [0.25, 0.3) is 11.0 Å². The van der Waals surface area contributed by atoms with E-state index in [0.717, 1.165) is 11.9 Å². The fourth-order valence-corrected chi connectivity index (χ4v) is 2.72. The Kier molecular flexibility index (Phi) is 2.35. The summed E-state index contributed by atoms with van der Waals surface area (Å²) >= 11 is 0. The van der Waals surface area contributed by atoms with Crippen LogP contribution >= 0.6 is 0 Å². The molecule has 0 saturated carbocycles. The van der Waals surface area contributed by atoms with Crippen molar-refractivity contribution < 1.29 is 9.13 Å². The summed E-state index contributed by atoms with van der Waals surface area (Å²) in [6, 6.07) is 4.53. The molecule has 2 heterocycles. The monoisotopic (exact) mass is 249 g/mol. The zero-order chi connectivity index (χ0) is 12.9. The maximum absolute atomic E-state index is 13.4. The largest absolute Gasteiger partial charge is 0.376 e. The summed E-state index contributed by atoms with van der Waals surface area (Å²) in [6.45, 7) is 4.77. The van der Waals surface area contributed by atoms with Crippen LogP contribution in [-0.4, -0.2) is 22.3 Å². The minimum absolute atomic E-state index is 0.0282. The number of nitrogens with zero attached hydrogens (tertiary/aromatic N) is 2. The first kappa shape index (κ1) is 11.5. The highest BCUT2D eigenvalue weighted by molar-refractivity contribution is 5.78. The molecule has 1 aromatic heterocycles. The van der Waals surface area contributed by atoms with E-state index in [-0.39, 0.29) is 17.5 Å². The van der Waals surface area contributed by atoms with Gasteiger partial charge in [-0.25, -0.2) is 9.37 Å². The van der Waals surface area contributed by atoms with E-state index >= 15 is 0 Å². The molecule has 18 heavy (non-hydrogen) atoms. The molecule has 1 saturated heterocycles. The smallest absolute Gasteiger partial charge is 0.201 e. The molecule has 5 heteroatoms. The molecule has 0 radical (unpaired) electrons. The van der Waals surface area contributed by atoms with Gasteiger partial charge in [0, 0.05) is 6.61 Å². The highest BCUT2D eigenvalue weighted by Crippen LogP contribution is 2.37. The van der Waals surface area contributed by atoms with Crippen molar-refractivity contribution in [3.05, 3.63) is 24.0 Å². The number of nitrogen functional groups attached to an aromatic ring is 1. The van der Waals surface area contributed by atoms with E-state index in [1.165, 1.54) is 12.1 Å². The molecule has 1 fully saturated rings. The maximum atomic E-state index is 13.4. The van der Waals surface area contributed by atoms with Crippen LogP contribution in [-0.2, 0) is 10.3 Å². The molecule has 4 nitrogen and oxygen atoms in total. The molecular formula is C13H16FN3O. The minimum Gasteiger partial charge on any atom is -0.376 e. The molecule has 1 aliphatic rings. The van der Waals surface area contributed by atoms with E-state index in [2.05, 4.69) is 11.9 Å². The standard InChI is InChI=1S/C13H16FN3O/c1-8-13(2,5-6-18-8)17-11-7-9(14)3-4-10(11)16-12(17)15/h3-4,7-8H,5-6H2,1-2H3,(H2,15,16). The van der Waals surface area contributed by atoms with Crippen molar-refractivity contribution in [2.45, 2.75) is 31.9 Å². The topological polar surface area (TPSA) is 53.1 Å². The fraction of sp³-hybridized carbons (Fsp3) is 0.462.